The van der Waals surface area contributed by atoms with Crippen molar-refractivity contribution in [3.05, 3.63) is 48.2 Å². The van der Waals surface area contributed by atoms with Gasteiger partial charge >= 0.3 is 12.3 Å². The van der Waals surface area contributed by atoms with E-state index in [2.05, 4.69) is 15.5 Å². The van der Waals surface area contributed by atoms with Crippen LogP contribution in [0.25, 0.3) is 16.7 Å². The Labute approximate surface area is 170 Å². The molecule has 160 valence electrons. The Bertz CT molecular complexity index is 1100. The molecule has 0 radical (unpaired) electrons. The fourth-order valence-electron chi connectivity index (χ4n) is 2.58. The van der Waals surface area contributed by atoms with Crippen LogP contribution in [0.3, 0.4) is 0 Å². The molecule has 3 aromatic rings. The van der Waals surface area contributed by atoms with E-state index in [1.165, 1.54) is 41.9 Å². The van der Waals surface area contributed by atoms with E-state index in [4.69, 9.17) is 5.11 Å². The molecule has 8 nitrogen and oxygen atoms in total. The van der Waals surface area contributed by atoms with Gasteiger partial charge in [-0.1, -0.05) is 6.07 Å². The molecular formula is C18H16F3N3O5S. The van der Waals surface area contributed by atoms with Gasteiger partial charge in [-0.25, -0.2) is 4.98 Å². The number of nitrogens with two attached hydrogens (primary N) is 1. The molecule has 3 N–H and O–H groups in total. The molecule has 1 atom stereocenters. The number of aldehydes is 1. The third-order valence-electron chi connectivity index (χ3n) is 3.58. The third-order valence-corrected chi connectivity index (χ3v) is 4.79. The monoisotopic (exact) mass is 443 g/mol. The van der Waals surface area contributed by atoms with Crippen LogP contribution in [-0.4, -0.2) is 50.3 Å². The maximum Gasteiger partial charge on any atom is 0.573 e. The minimum atomic E-state index is -4.88. The van der Waals surface area contributed by atoms with Crippen LogP contribution in [-0.2, 0) is 15.6 Å². The minimum Gasteiger partial charge on any atom is -0.481 e. The van der Waals surface area contributed by atoms with Crippen LogP contribution in [0.1, 0.15) is 10.5 Å². The van der Waals surface area contributed by atoms with E-state index < -0.39 is 34.6 Å². The van der Waals surface area contributed by atoms with Crippen molar-refractivity contribution in [1.82, 2.24) is 9.55 Å². The number of pyridine rings is 1. The number of aliphatic carboxylic acids is 1. The molecule has 0 bridgehead atoms. The van der Waals surface area contributed by atoms with E-state index in [-0.39, 0.29) is 22.1 Å². The Hall–Kier alpha value is -3.25. The van der Waals surface area contributed by atoms with Crippen molar-refractivity contribution in [2.24, 2.45) is 5.73 Å². The topological polar surface area (TPSA) is 125 Å². The van der Waals surface area contributed by atoms with Gasteiger partial charge in [0, 0.05) is 11.5 Å². The van der Waals surface area contributed by atoms with Gasteiger partial charge in [0.25, 0.3) is 0 Å². The van der Waals surface area contributed by atoms with Crippen molar-refractivity contribution in [2.75, 3.05) is 12.8 Å². The number of benzene rings is 1. The molecule has 0 fully saturated rings. The zero-order valence-electron chi connectivity index (χ0n) is 15.4. The first-order valence-electron chi connectivity index (χ1n) is 8.20. The summed E-state index contributed by atoms with van der Waals surface area (Å²) in [5, 5.41) is 9.18. The lowest BCUT2D eigenvalue weighted by atomic mass is 10.2. The standard InChI is InChI=1S/C17H11F3N2O5S.CH5N/c18-17(19,20)27-12-5-4-10-6-11(8-23)22(13(10)7-12)14-2-1-3-15(21-14)28(26)9-16(24)25;1-2/h1-8H,9H2,(H,24,25);2H2,1H3. The molecule has 30 heavy (non-hydrogen) atoms. The molecular weight excluding hydrogens is 427 g/mol. The van der Waals surface area contributed by atoms with Crippen LogP contribution in [0.2, 0.25) is 0 Å². The number of halogens is 3. The van der Waals surface area contributed by atoms with Crippen LogP contribution < -0.4 is 10.5 Å². The van der Waals surface area contributed by atoms with Crippen molar-refractivity contribution in [3.8, 4) is 11.6 Å². The van der Waals surface area contributed by atoms with Crippen molar-refractivity contribution in [3.63, 3.8) is 0 Å². The first-order valence-corrected chi connectivity index (χ1v) is 9.51. The first kappa shape index (κ1) is 23.0. The van der Waals surface area contributed by atoms with Crippen LogP contribution in [0, 0.1) is 0 Å². The Balaban J connectivity index is 0.00000155. The summed E-state index contributed by atoms with van der Waals surface area (Å²) in [4.78, 5) is 26.3. The lowest BCUT2D eigenvalue weighted by Crippen LogP contribution is -2.17. The number of carboxylic acid groups (broad SMARTS) is 1. The largest absolute Gasteiger partial charge is 0.573 e. The first-order chi connectivity index (χ1) is 14.2. The number of carboxylic acids is 1. The molecule has 0 saturated heterocycles. The number of alkyl halides is 3. The number of fused-ring (bicyclic) bond motifs is 1. The Kier molecular flexibility index (Phi) is 7.29. The highest BCUT2D eigenvalue weighted by Crippen LogP contribution is 2.30. The van der Waals surface area contributed by atoms with Crippen LogP contribution in [0.5, 0.6) is 5.75 Å². The lowest BCUT2D eigenvalue weighted by Gasteiger charge is -2.11. The summed E-state index contributed by atoms with van der Waals surface area (Å²) in [5.74, 6) is -2.33. The number of hydrogen-bond acceptors (Lipinski definition) is 6. The van der Waals surface area contributed by atoms with Gasteiger partial charge in [-0.3, -0.25) is 18.4 Å². The smallest absolute Gasteiger partial charge is 0.481 e. The number of hydrogen-bond donors (Lipinski definition) is 2. The highest BCUT2D eigenvalue weighted by Gasteiger charge is 2.31. The van der Waals surface area contributed by atoms with Gasteiger partial charge in [0.2, 0.25) is 0 Å². The second kappa shape index (κ2) is 9.50. The van der Waals surface area contributed by atoms with Crippen LogP contribution in [0.15, 0.2) is 47.5 Å². The molecule has 0 saturated carbocycles. The predicted octanol–water partition coefficient (Wildman–Crippen LogP) is 2.50. The summed E-state index contributed by atoms with van der Waals surface area (Å²) in [7, 11) is -0.431. The molecule has 3 rings (SSSR count). The second-order valence-electron chi connectivity index (χ2n) is 5.51. The van der Waals surface area contributed by atoms with Gasteiger partial charge in [0.15, 0.2) is 6.29 Å². The summed E-state index contributed by atoms with van der Waals surface area (Å²) < 4.78 is 54.7. The van der Waals surface area contributed by atoms with Gasteiger partial charge in [0.1, 0.15) is 22.3 Å². The molecule has 2 heterocycles. The van der Waals surface area contributed by atoms with Crippen molar-refractivity contribution < 1.29 is 36.8 Å². The lowest BCUT2D eigenvalue weighted by molar-refractivity contribution is -0.274. The van der Waals surface area contributed by atoms with Gasteiger partial charge in [-0.2, -0.15) is 0 Å². The quantitative estimate of drug-likeness (QED) is 0.561. The van der Waals surface area contributed by atoms with Crippen molar-refractivity contribution >= 4 is 34.0 Å². The summed E-state index contributed by atoms with van der Waals surface area (Å²) in [6.45, 7) is 0. The Morgan fingerprint density at radius 1 is 1.27 bits per heavy atom. The van der Waals surface area contributed by atoms with E-state index >= 15 is 0 Å². The Morgan fingerprint density at radius 3 is 2.57 bits per heavy atom. The molecule has 0 aliphatic carbocycles. The average Bonchev–Trinajstić information content (AvgIpc) is 3.05. The van der Waals surface area contributed by atoms with E-state index in [1.54, 1.807) is 0 Å². The fourth-order valence-corrected chi connectivity index (χ4v) is 3.38. The molecule has 12 heteroatoms. The minimum absolute atomic E-state index is 0.0405. The molecule has 1 unspecified atom stereocenters. The molecule has 2 aromatic heterocycles. The highest BCUT2D eigenvalue weighted by molar-refractivity contribution is 7.85. The zero-order valence-corrected chi connectivity index (χ0v) is 16.2. The summed E-state index contributed by atoms with van der Waals surface area (Å²) in [6.07, 6.45) is -4.39. The number of nitrogens with zero attached hydrogens (tertiary/aromatic N) is 2. The van der Waals surface area contributed by atoms with Crippen molar-refractivity contribution in [2.45, 2.75) is 11.4 Å². The maximum atomic E-state index is 12.5. The van der Waals surface area contributed by atoms with Crippen molar-refractivity contribution in [1.29, 1.82) is 0 Å². The molecule has 0 spiro atoms. The maximum absolute atomic E-state index is 12.5. The number of aromatic nitrogens is 2. The zero-order chi connectivity index (χ0) is 22.5. The number of ether oxygens (including phenoxy) is 1. The fraction of sp³-hybridized carbons (Fsp3) is 0.167. The normalized spacial score (nSPS) is 12.0. The molecule has 0 aliphatic rings. The number of rotatable bonds is 6. The summed E-state index contributed by atoms with van der Waals surface area (Å²) in [6, 6.07) is 9.26. The average molecular weight is 443 g/mol. The van der Waals surface area contributed by atoms with Gasteiger partial charge in [0.05, 0.1) is 22.0 Å². The van der Waals surface area contributed by atoms with Gasteiger partial charge < -0.3 is 15.6 Å². The summed E-state index contributed by atoms with van der Waals surface area (Å²) in [5.41, 5.74) is 4.80. The summed E-state index contributed by atoms with van der Waals surface area (Å²) >= 11 is 0. The van der Waals surface area contributed by atoms with Gasteiger partial charge in [-0.15, -0.1) is 13.2 Å². The molecule has 0 aliphatic heterocycles. The third kappa shape index (κ3) is 5.42. The number of carbonyl (C=O) groups excluding carboxylic acids is 1. The van der Waals surface area contributed by atoms with E-state index in [9.17, 15) is 27.0 Å². The van der Waals surface area contributed by atoms with E-state index in [0.29, 0.717) is 11.7 Å². The second-order valence-corrected chi connectivity index (χ2v) is 6.91. The SMILES string of the molecule is CN.O=Cc1cc2ccc(OC(F)(F)F)cc2n1-c1cccc(S(=O)CC(=O)O)n1. The highest BCUT2D eigenvalue weighted by atomic mass is 32.2. The Morgan fingerprint density at radius 2 is 1.97 bits per heavy atom. The molecule has 1 aromatic carbocycles. The predicted molar refractivity (Wildman–Crippen MR) is 102 cm³/mol. The van der Waals surface area contributed by atoms with Gasteiger partial charge in [-0.05, 0) is 37.4 Å². The van der Waals surface area contributed by atoms with Crippen LogP contribution >= 0.6 is 0 Å². The van der Waals surface area contributed by atoms with E-state index in [1.807, 2.05) is 0 Å². The number of carbonyl (C=O) groups is 2. The van der Waals surface area contributed by atoms with E-state index in [0.717, 1.165) is 12.1 Å². The molecule has 0 amide bonds. The van der Waals surface area contributed by atoms with Crippen LogP contribution in [0.4, 0.5) is 13.2 Å².